The monoisotopic (exact) mass is 443 g/mol. The normalized spacial score (nSPS) is 20.2. The molecule has 8 heteroatoms. The van der Waals surface area contributed by atoms with Crippen molar-refractivity contribution in [1.82, 2.24) is 9.88 Å². The van der Waals surface area contributed by atoms with Crippen LogP contribution in [0.5, 0.6) is 5.75 Å². The summed E-state index contributed by atoms with van der Waals surface area (Å²) in [6.45, 7) is 2.44. The highest BCUT2D eigenvalue weighted by molar-refractivity contribution is 6.09. The van der Waals surface area contributed by atoms with Crippen LogP contribution in [0, 0.1) is 17.1 Å². The fourth-order valence-corrected chi connectivity index (χ4v) is 4.93. The molecular weight excluding hydrogens is 421 g/mol. The van der Waals surface area contributed by atoms with Gasteiger partial charge in [-0.1, -0.05) is 0 Å². The molecule has 33 heavy (non-hydrogen) atoms. The van der Waals surface area contributed by atoms with E-state index < -0.39 is 11.4 Å². The molecule has 2 aliphatic rings. The number of nitrogens with zero attached hydrogens (tertiary/aromatic N) is 4. The molecule has 1 aromatic heterocycles. The number of nitrogens with one attached hydrogen (secondary N) is 1. The number of benzene rings is 2. The first-order valence-corrected chi connectivity index (χ1v) is 10.7. The zero-order valence-electron chi connectivity index (χ0n) is 18.1. The Morgan fingerprint density at radius 1 is 1.06 bits per heavy atom. The second kappa shape index (κ2) is 8.19. The molecule has 1 fully saturated rings. The fourth-order valence-electron chi connectivity index (χ4n) is 4.93. The van der Waals surface area contributed by atoms with Crippen LogP contribution in [0.15, 0.2) is 60.9 Å². The number of fused-ring (bicyclic) bond motifs is 1. The number of carbonyl (C=O) groups is 1. The number of aromatic nitrogens is 1. The molecule has 5 rings (SSSR count). The van der Waals surface area contributed by atoms with E-state index in [1.807, 2.05) is 12.1 Å². The first-order chi connectivity index (χ1) is 16.1. The molecule has 1 unspecified atom stereocenters. The van der Waals surface area contributed by atoms with Gasteiger partial charge in [0.2, 0.25) is 0 Å². The molecular formula is C25H22FN5O2. The van der Waals surface area contributed by atoms with Crippen LogP contribution >= 0.6 is 0 Å². The van der Waals surface area contributed by atoms with Crippen LogP contribution in [0.2, 0.25) is 0 Å². The Balaban J connectivity index is 1.65. The van der Waals surface area contributed by atoms with E-state index in [9.17, 15) is 14.4 Å². The van der Waals surface area contributed by atoms with Gasteiger partial charge in [-0.05, 0) is 48.5 Å². The molecule has 3 aromatic rings. The number of amides is 1. The quantitative estimate of drug-likeness (QED) is 0.667. The molecule has 0 spiro atoms. The largest absolute Gasteiger partial charge is 0.496 e. The summed E-state index contributed by atoms with van der Waals surface area (Å²) in [5, 5.41) is 12.5. The predicted octanol–water partition coefficient (Wildman–Crippen LogP) is 3.12. The Bertz CT molecular complexity index is 1250. The lowest BCUT2D eigenvalue weighted by Crippen LogP contribution is -2.59. The van der Waals surface area contributed by atoms with Crippen molar-refractivity contribution in [2.24, 2.45) is 0 Å². The molecule has 166 valence electrons. The van der Waals surface area contributed by atoms with E-state index in [0.29, 0.717) is 54.3 Å². The van der Waals surface area contributed by atoms with Gasteiger partial charge in [0.25, 0.3) is 5.91 Å². The molecule has 0 bridgehead atoms. The molecule has 2 aliphatic heterocycles. The Kier molecular flexibility index (Phi) is 5.19. The zero-order chi connectivity index (χ0) is 23.0. The molecule has 0 radical (unpaired) electrons. The van der Waals surface area contributed by atoms with Crippen LogP contribution in [-0.4, -0.2) is 49.1 Å². The van der Waals surface area contributed by atoms with Gasteiger partial charge in [-0.15, -0.1) is 0 Å². The van der Waals surface area contributed by atoms with Gasteiger partial charge in [0.05, 0.1) is 18.7 Å². The summed E-state index contributed by atoms with van der Waals surface area (Å²) in [4.78, 5) is 22.1. The van der Waals surface area contributed by atoms with E-state index in [1.165, 1.54) is 19.2 Å². The highest BCUT2D eigenvalue weighted by atomic mass is 19.1. The smallest absolute Gasteiger partial charge is 0.254 e. The van der Waals surface area contributed by atoms with Crippen LogP contribution in [0.3, 0.4) is 0 Å². The van der Waals surface area contributed by atoms with Crippen molar-refractivity contribution in [3.8, 4) is 11.8 Å². The summed E-state index contributed by atoms with van der Waals surface area (Å²) in [6, 6.07) is 15.4. The number of ether oxygens (including phenoxy) is 1. The number of rotatable bonds is 4. The van der Waals surface area contributed by atoms with E-state index in [2.05, 4.69) is 26.2 Å². The molecule has 2 aromatic carbocycles. The minimum absolute atomic E-state index is 0.283. The summed E-state index contributed by atoms with van der Waals surface area (Å²) >= 11 is 0. The summed E-state index contributed by atoms with van der Waals surface area (Å²) in [5.41, 5.74) is 1.84. The SMILES string of the molecule is COc1ccc(F)cc1C1(N2CCN(c3ccncc3)CC2)C(=O)Nc2ccc(C#N)cc21. The van der Waals surface area contributed by atoms with Gasteiger partial charge in [0, 0.05) is 61.1 Å². The van der Waals surface area contributed by atoms with Crippen molar-refractivity contribution in [1.29, 1.82) is 5.26 Å². The molecule has 0 saturated carbocycles. The second-order valence-electron chi connectivity index (χ2n) is 8.06. The lowest BCUT2D eigenvalue weighted by Gasteiger charge is -2.45. The maximum Gasteiger partial charge on any atom is 0.254 e. The highest BCUT2D eigenvalue weighted by Gasteiger charge is 2.54. The second-order valence-corrected chi connectivity index (χ2v) is 8.06. The zero-order valence-corrected chi connectivity index (χ0v) is 18.1. The third-order valence-electron chi connectivity index (χ3n) is 6.45. The molecule has 0 aliphatic carbocycles. The van der Waals surface area contributed by atoms with E-state index >= 15 is 0 Å². The van der Waals surface area contributed by atoms with Gasteiger partial charge in [0.1, 0.15) is 11.6 Å². The summed E-state index contributed by atoms with van der Waals surface area (Å²) in [5.74, 6) is -0.328. The number of hydrogen-bond acceptors (Lipinski definition) is 6. The predicted molar refractivity (Wildman–Crippen MR) is 122 cm³/mol. The lowest BCUT2D eigenvalue weighted by atomic mass is 9.80. The maximum absolute atomic E-state index is 14.5. The Morgan fingerprint density at radius 3 is 2.52 bits per heavy atom. The van der Waals surface area contributed by atoms with Gasteiger partial charge in [-0.25, -0.2) is 4.39 Å². The number of anilines is 2. The first-order valence-electron chi connectivity index (χ1n) is 10.7. The molecule has 7 nitrogen and oxygen atoms in total. The van der Waals surface area contributed by atoms with E-state index in [4.69, 9.17) is 4.74 Å². The van der Waals surface area contributed by atoms with Crippen LogP contribution in [0.1, 0.15) is 16.7 Å². The number of halogens is 1. The lowest BCUT2D eigenvalue weighted by molar-refractivity contribution is -0.125. The molecule has 3 heterocycles. The Morgan fingerprint density at radius 2 is 1.82 bits per heavy atom. The van der Waals surface area contributed by atoms with E-state index in [1.54, 1.807) is 36.7 Å². The van der Waals surface area contributed by atoms with Gasteiger partial charge in [0.15, 0.2) is 5.54 Å². The van der Waals surface area contributed by atoms with Crippen molar-refractivity contribution in [2.45, 2.75) is 5.54 Å². The highest BCUT2D eigenvalue weighted by Crippen LogP contribution is 2.49. The number of nitriles is 1. The fraction of sp³-hybridized carbons (Fsp3) is 0.240. The van der Waals surface area contributed by atoms with E-state index in [0.717, 1.165) is 5.69 Å². The first kappa shape index (κ1) is 20.9. The summed E-state index contributed by atoms with van der Waals surface area (Å²) in [6.07, 6.45) is 3.51. The van der Waals surface area contributed by atoms with Gasteiger partial charge >= 0.3 is 0 Å². The van der Waals surface area contributed by atoms with Crippen molar-refractivity contribution in [2.75, 3.05) is 43.5 Å². The third kappa shape index (κ3) is 3.29. The number of methoxy groups -OCH3 is 1. The standard InChI is InChI=1S/C25H22FN5O2/c1-33-23-5-3-18(26)15-21(23)25(20-14-17(16-27)2-4-22(20)29-24(25)32)31-12-10-30(11-13-31)19-6-8-28-9-7-19/h2-9,14-15H,10-13H2,1H3,(H,29,32). The van der Waals surface area contributed by atoms with Crippen LogP contribution < -0.4 is 15.0 Å². The molecule has 1 amide bonds. The van der Waals surface area contributed by atoms with Crippen molar-refractivity contribution in [3.63, 3.8) is 0 Å². The number of hydrogen-bond donors (Lipinski definition) is 1. The number of piperazine rings is 1. The Hall–Kier alpha value is -3.96. The number of pyridine rings is 1. The van der Waals surface area contributed by atoms with Gasteiger partial charge < -0.3 is 15.0 Å². The van der Waals surface area contributed by atoms with Crippen molar-refractivity contribution < 1.29 is 13.9 Å². The average Bonchev–Trinajstić information content (AvgIpc) is 3.16. The minimum atomic E-state index is -1.32. The summed E-state index contributed by atoms with van der Waals surface area (Å²) in [7, 11) is 1.51. The maximum atomic E-state index is 14.5. The minimum Gasteiger partial charge on any atom is -0.496 e. The molecule has 1 saturated heterocycles. The van der Waals surface area contributed by atoms with Crippen LogP contribution in [0.4, 0.5) is 15.8 Å². The average molecular weight is 443 g/mol. The van der Waals surface area contributed by atoms with Crippen LogP contribution in [0.25, 0.3) is 0 Å². The summed E-state index contributed by atoms with van der Waals surface area (Å²) < 4.78 is 20.1. The number of carbonyl (C=O) groups excluding carboxylic acids is 1. The van der Waals surface area contributed by atoms with E-state index in [-0.39, 0.29) is 5.91 Å². The molecule has 1 atom stereocenters. The van der Waals surface area contributed by atoms with Gasteiger partial charge in [-0.3, -0.25) is 14.7 Å². The molecule has 1 N–H and O–H groups in total. The Labute approximate surface area is 191 Å². The van der Waals surface area contributed by atoms with Gasteiger partial charge in [-0.2, -0.15) is 5.26 Å². The topological polar surface area (TPSA) is 81.5 Å². The van der Waals surface area contributed by atoms with Crippen molar-refractivity contribution >= 4 is 17.3 Å². The van der Waals surface area contributed by atoms with Crippen LogP contribution in [-0.2, 0) is 10.3 Å². The third-order valence-corrected chi connectivity index (χ3v) is 6.45. The van der Waals surface area contributed by atoms with Crippen molar-refractivity contribution in [3.05, 3.63) is 83.4 Å².